The van der Waals surface area contributed by atoms with Crippen molar-refractivity contribution < 1.29 is 0 Å². The van der Waals surface area contributed by atoms with Crippen molar-refractivity contribution in [1.82, 2.24) is 25.4 Å². The van der Waals surface area contributed by atoms with Gasteiger partial charge < -0.3 is 15.2 Å². The lowest BCUT2D eigenvalue weighted by molar-refractivity contribution is 0.500. The van der Waals surface area contributed by atoms with Gasteiger partial charge in [0, 0.05) is 19.1 Å². The van der Waals surface area contributed by atoms with Gasteiger partial charge in [0.05, 0.1) is 6.54 Å². The fourth-order valence-corrected chi connectivity index (χ4v) is 1.38. The zero-order chi connectivity index (χ0) is 12.9. The van der Waals surface area contributed by atoms with E-state index in [1.807, 2.05) is 4.57 Å². The van der Waals surface area contributed by atoms with E-state index in [1.54, 1.807) is 13.4 Å². The Morgan fingerprint density at radius 1 is 1.47 bits per heavy atom. The molecule has 0 bridgehead atoms. The topological polar surface area (TPSA) is 67.1 Å². The van der Waals surface area contributed by atoms with E-state index in [9.17, 15) is 0 Å². The van der Waals surface area contributed by atoms with Crippen molar-refractivity contribution in [2.75, 3.05) is 7.05 Å². The maximum atomic E-state index is 4.17. The smallest absolute Gasteiger partial charge is 0.191 e. The summed E-state index contributed by atoms with van der Waals surface area (Å²) >= 11 is 0. The van der Waals surface area contributed by atoms with Crippen molar-refractivity contribution in [1.29, 1.82) is 0 Å². The highest BCUT2D eigenvalue weighted by Crippen LogP contribution is 1.98. The molecule has 96 valence electrons. The number of nitrogens with one attached hydrogen (secondary N) is 2. The van der Waals surface area contributed by atoms with E-state index in [0.29, 0.717) is 6.54 Å². The summed E-state index contributed by atoms with van der Waals surface area (Å²) in [4.78, 5) is 4.17. The van der Waals surface area contributed by atoms with Gasteiger partial charge in [0.1, 0.15) is 6.33 Å². The zero-order valence-corrected chi connectivity index (χ0v) is 11.3. The lowest BCUT2D eigenvalue weighted by atomic mass is 10.1. The average molecular weight is 238 g/mol. The van der Waals surface area contributed by atoms with Crippen LogP contribution in [-0.4, -0.2) is 33.3 Å². The SMILES string of the molecule is CCn1cnnc1CNC(=NC)NC(C)(C)C. The molecular formula is C11H22N6. The van der Waals surface area contributed by atoms with Crippen LogP contribution >= 0.6 is 0 Å². The summed E-state index contributed by atoms with van der Waals surface area (Å²) in [5.74, 6) is 1.67. The second kappa shape index (κ2) is 5.65. The number of aliphatic imine (C=N–C) groups is 1. The Labute approximate surface area is 103 Å². The third-order valence-corrected chi connectivity index (χ3v) is 2.17. The van der Waals surface area contributed by atoms with Crippen LogP contribution in [0.5, 0.6) is 0 Å². The monoisotopic (exact) mass is 238 g/mol. The average Bonchev–Trinajstić information content (AvgIpc) is 2.69. The fraction of sp³-hybridized carbons (Fsp3) is 0.727. The summed E-state index contributed by atoms with van der Waals surface area (Å²) in [6, 6.07) is 0. The van der Waals surface area contributed by atoms with Crippen molar-refractivity contribution in [2.24, 2.45) is 4.99 Å². The molecule has 1 aromatic heterocycles. The van der Waals surface area contributed by atoms with Crippen LogP contribution in [0.15, 0.2) is 11.3 Å². The van der Waals surface area contributed by atoms with E-state index in [4.69, 9.17) is 0 Å². The maximum absolute atomic E-state index is 4.17. The molecule has 0 radical (unpaired) electrons. The number of hydrogen-bond donors (Lipinski definition) is 2. The Kier molecular flexibility index (Phi) is 4.48. The summed E-state index contributed by atoms with van der Waals surface area (Å²) < 4.78 is 2.00. The first-order valence-corrected chi connectivity index (χ1v) is 5.81. The Balaban J connectivity index is 2.54. The van der Waals surface area contributed by atoms with Crippen molar-refractivity contribution in [3.63, 3.8) is 0 Å². The fourth-order valence-electron chi connectivity index (χ4n) is 1.38. The summed E-state index contributed by atoms with van der Waals surface area (Å²) in [6.07, 6.45) is 1.73. The van der Waals surface area contributed by atoms with E-state index in [-0.39, 0.29) is 5.54 Å². The Hall–Kier alpha value is -1.59. The molecule has 1 aromatic rings. The van der Waals surface area contributed by atoms with Crippen molar-refractivity contribution in [3.05, 3.63) is 12.2 Å². The minimum atomic E-state index is -0.0136. The first-order valence-electron chi connectivity index (χ1n) is 5.81. The van der Waals surface area contributed by atoms with Gasteiger partial charge in [-0.2, -0.15) is 0 Å². The zero-order valence-electron chi connectivity index (χ0n) is 11.3. The predicted molar refractivity (Wildman–Crippen MR) is 68.8 cm³/mol. The molecule has 0 amide bonds. The normalized spacial score (nSPS) is 12.6. The summed E-state index contributed by atoms with van der Waals surface area (Å²) in [5.41, 5.74) is -0.0136. The lowest BCUT2D eigenvalue weighted by Crippen LogP contribution is -2.47. The van der Waals surface area contributed by atoms with E-state index in [2.05, 4.69) is 53.5 Å². The molecule has 0 fully saturated rings. The first-order chi connectivity index (χ1) is 7.96. The molecule has 0 saturated heterocycles. The Bertz CT molecular complexity index is 374. The van der Waals surface area contributed by atoms with Crippen LogP contribution in [0, 0.1) is 0 Å². The standard InChI is InChI=1S/C11H22N6/c1-6-17-8-14-16-9(17)7-13-10(12-5)15-11(2,3)4/h8H,6-7H2,1-5H3,(H2,12,13,15). The second-order valence-electron chi connectivity index (χ2n) is 4.83. The maximum Gasteiger partial charge on any atom is 0.191 e. The number of hydrogen-bond acceptors (Lipinski definition) is 3. The summed E-state index contributed by atoms with van der Waals surface area (Å²) in [7, 11) is 1.76. The molecule has 1 rings (SSSR count). The molecular weight excluding hydrogens is 216 g/mol. The molecule has 6 nitrogen and oxygen atoms in total. The van der Waals surface area contributed by atoms with Gasteiger partial charge in [-0.25, -0.2) is 0 Å². The number of guanidine groups is 1. The molecule has 0 aliphatic rings. The van der Waals surface area contributed by atoms with Gasteiger partial charge in [-0.3, -0.25) is 4.99 Å². The quantitative estimate of drug-likeness (QED) is 0.602. The number of aryl methyl sites for hydroxylation is 1. The molecule has 0 aromatic carbocycles. The van der Waals surface area contributed by atoms with E-state index in [1.165, 1.54) is 0 Å². The Morgan fingerprint density at radius 2 is 2.18 bits per heavy atom. The van der Waals surface area contributed by atoms with E-state index < -0.39 is 0 Å². The molecule has 2 N–H and O–H groups in total. The van der Waals surface area contributed by atoms with Crippen LogP contribution < -0.4 is 10.6 Å². The van der Waals surface area contributed by atoms with Crippen LogP contribution in [0.3, 0.4) is 0 Å². The van der Waals surface area contributed by atoms with Crippen LogP contribution in [0.4, 0.5) is 0 Å². The number of aromatic nitrogens is 3. The second-order valence-corrected chi connectivity index (χ2v) is 4.83. The molecule has 0 aliphatic carbocycles. The Morgan fingerprint density at radius 3 is 2.71 bits per heavy atom. The highest BCUT2D eigenvalue weighted by molar-refractivity contribution is 5.80. The molecule has 17 heavy (non-hydrogen) atoms. The highest BCUT2D eigenvalue weighted by Gasteiger charge is 2.12. The molecule has 0 saturated carbocycles. The van der Waals surface area contributed by atoms with Crippen LogP contribution in [0.2, 0.25) is 0 Å². The van der Waals surface area contributed by atoms with Crippen molar-refractivity contribution in [3.8, 4) is 0 Å². The minimum Gasteiger partial charge on any atom is -0.352 e. The molecule has 6 heteroatoms. The van der Waals surface area contributed by atoms with E-state index >= 15 is 0 Å². The molecule has 0 atom stereocenters. The van der Waals surface area contributed by atoms with Gasteiger partial charge in [0.25, 0.3) is 0 Å². The van der Waals surface area contributed by atoms with Gasteiger partial charge in [-0.15, -0.1) is 10.2 Å². The van der Waals surface area contributed by atoms with Gasteiger partial charge >= 0.3 is 0 Å². The van der Waals surface area contributed by atoms with Crippen LogP contribution in [-0.2, 0) is 13.1 Å². The van der Waals surface area contributed by atoms with E-state index in [0.717, 1.165) is 18.3 Å². The van der Waals surface area contributed by atoms with Crippen LogP contribution in [0.25, 0.3) is 0 Å². The third-order valence-electron chi connectivity index (χ3n) is 2.17. The molecule has 0 spiro atoms. The minimum absolute atomic E-state index is 0.0136. The third kappa shape index (κ3) is 4.42. The van der Waals surface area contributed by atoms with Crippen molar-refractivity contribution >= 4 is 5.96 Å². The highest BCUT2D eigenvalue weighted by atomic mass is 15.3. The van der Waals surface area contributed by atoms with Gasteiger partial charge in [-0.05, 0) is 27.7 Å². The van der Waals surface area contributed by atoms with Gasteiger partial charge in [0.15, 0.2) is 11.8 Å². The summed E-state index contributed by atoms with van der Waals surface area (Å²) in [5, 5.41) is 14.4. The molecule has 0 aliphatic heterocycles. The first kappa shape index (κ1) is 13.5. The summed E-state index contributed by atoms with van der Waals surface area (Å²) in [6.45, 7) is 9.82. The molecule has 1 heterocycles. The van der Waals surface area contributed by atoms with Crippen molar-refractivity contribution in [2.45, 2.75) is 46.3 Å². The molecule has 0 unspecified atom stereocenters. The predicted octanol–water partition coefficient (Wildman–Crippen LogP) is 0.762. The lowest BCUT2D eigenvalue weighted by Gasteiger charge is -2.23. The number of nitrogens with zero attached hydrogens (tertiary/aromatic N) is 4. The number of rotatable bonds is 3. The van der Waals surface area contributed by atoms with Crippen LogP contribution in [0.1, 0.15) is 33.5 Å². The largest absolute Gasteiger partial charge is 0.352 e. The van der Waals surface area contributed by atoms with Gasteiger partial charge in [0.2, 0.25) is 0 Å². The van der Waals surface area contributed by atoms with Gasteiger partial charge in [-0.1, -0.05) is 0 Å².